The summed E-state index contributed by atoms with van der Waals surface area (Å²) >= 11 is 0. The molecule has 6 nitrogen and oxygen atoms in total. The van der Waals surface area contributed by atoms with Crippen LogP contribution in [0, 0.1) is 5.82 Å². The van der Waals surface area contributed by atoms with Crippen LogP contribution in [0.2, 0.25) is 0 Å². The number of aryl methyl sites for hydroxylation is 1. The van der Waals surface area contributed by atoms with Gasteiger partial charge in [-0.1, -0.05) is 12.1 Å². The van der Waals surface area contributed by atoms with Crippen LogP contribution in [0.3, 0.4) is 0 Å². The average Bonchev–Trinajstić information content (AvgIpc) is 3.15. The molecule has 1 saturated heterocycles. The quantitative estimate of drug-likeness (QED) is 0.731. The molecule has 4 rings (SSSR count). The topological polar surface area (TPSA) is 70.4 Å². The van der Waals surface area contributed by atoms with E-state index in [2.05, 4.69) is 5.32 Å². The first-order chi connectivity index (χ1) is 14.7. The Bertz CT molecular complexity index is 859. The number of likely N-dealkylation sites (tertiary alicyclic amines) is 1. The van der Waals surface area contributed by atoms with E-state index in [1.807, 2.05) is 9.58 Å². The first-order valence-corrected chi connectivity index (χ1v) is 11.1. The van der Waals surface area contributed by atoms with Crippen molar-refractivity contribution in [3.8, 4) is 0 Å². The van der Waals surface area contributed by atoms with Gasteiger partial charge >= 0.3 is 0 Å². The summed E-state index contributed by atoms with van der Waals surface area (Å²) in [7, 11) is 0. The molecule has 7 heteroatoms. The van der Waals surface area contributed by atoms with Crippen LogP contribution in [-0.4, -0.2) is 51.4 Å². The Kier molecular flexibility index (Phi) is 6.79. The van der Waals surface area contributed by atoms with Crippen molar-refractivity contribution in [3.05, 3.63) is 52.6 Å². The number of nitrogens with zero attached hydrogens (tertiary/aromatic N) is 3. The predicted molar refractivity (Wildman–Crippen MR) is 113 cm³/mol. The molecule has 2 aliphatic rings. The Hall–Kier alpha value is -2.25. The van der Waals surface area contributed by atoms with E-state index < -0.39 is 0 Å². The third-order valence-corrected chi connectivity index (χ3v) is 6.23. The molecular weight excluding hydrogens is 383 g/mol. The van der Waals surface area contributed by atoms with E-state index in [1.54, 1.807) is 12.1 Å². The smallest absolute Gasteiger partial charge is 0.274 e. The number of hydrogen-bond acceptors (Lipinski definition) is 4. The van der Waals surface area contributed by atoms with Gasteiger partial charge in [0.1, 0.15) is 5.82 Å². The van der Waals surface area contributed by atoms with Crippen molar-refractivity contribution in [1.29, 1.82) is 0 Å². The van der Waals surface area contributed by atoms with Crippen LogP contribution in [0.5, 0.6) is 0 Å². The van der Waals surface area contributed by atoms with Gasteiger partial charge in [0.2, 0.25) is 0 Å². The summed E-state index contributed by atoms with van der Waals surface area (Å²) < 4.78 is 15.1. The fourth-order valence-electron chi connectivity index (χ4n) is 4.55. The standard InChI is InChI=1S/C23H31FN4O2/c24-18-7-5-17(6-8-18)16-25-19-9-10-21-20(15-19)22(26-28(21)13-4-14-29)23(30)27-11-2-1-3-12-27/h5-8,19,25,29H,1-4,9-16H2. The van der Waals surface area contributed by atoms with Crippen molar-refractivity contribution in [1.82, 2.24) is 20.0 Å². The normalized spacial score (nSPS) is 19.0. The van der Waals surface area contributed by atoms with E-state index in [1.165, 1.54) is 18.6 Å². The van der Waals surface area contributed by atoms with Gasteiger partial charge in [0, 0.05) is 50.1 Å². The van der Waals surface area contributed by atoms with Crippen molar-refractivity contribution >= 4 is 5.91 Å². The molecule has 0 saturated carbocycles. The number of carbonyl (C=O) groups excluding carboxylic acids is 1. The molecule has 2 heterocycles. The summed E-state index contributed by atoms with van der Waals surface area (Å²) in [6.07, 6.45) is 6.53. The van der Waals surface area contributed by atoms with E-state index in [0.29, 0.717) is 25.2 Å². The second-order valence-electron chi connectivity index (χ2n) is 8.37. The molecule has 1 aromatic carbocycles. The molecule has 1 aliphatic heterocycles. The maximum absolute atomic E-state index is 13.2. The van der Waals surface area contributed by atoms with Gasteiger partial charge in [0.05, 0.1) is 0 Å². The Balaban J connectivity index is 1.50. The number of benzene rings is 1. The van der Waals surface area contributed by atoms with Gasteiger partial charge in [0.15, 0.2) is 5.69 Å². The Morgan fingerprint density at radius 2 is 1.97 bits per heavy atom. The lowest BCUT2D eigenvalue weighted by Gasteiger charge is -2.28. The van der Waals surface area contributed by atoms with Gasteiger partial charge in [-0.15, -0.1) is 0 Å². The number of halogens is 1. The van der Waals surface area contributed by atoms with Crippen molar-refractivity contribution in [2.75, 3.05) is 19.7 Å². The van der Waals surface area contributed by atoms with Crippen molar-refractivity contribution < 1.29 is 14.3 Å². The lowest BCUT2D eigenvalue weighted by Crippen LogP contribution is -2.38. The zero-order valence-corrected chi connectivity index (χ0v) is 17.4. The van der Waals surface area contributed by atoms with Gasteiger partial charge in [0.25, 0.3) is 5.91 Å². The van der Waals surface area contributed by atoms with Gasteiger partial charge in [-0.3, -0.25) is 9.48 Å². The zero-order chi connectivity index (χ0) is 20.9. The van der Waals surface area contributed by atoms with Gasteiger partial charge in [-0.25, -0.2) is 4.39 Å². The summed E-state index contributed by atoms with van der Waals surface area (Å²) in [5.74, 6) is -0.176. The summed E-state index contributed by atoms with van der Waals surface area (Å²) in [5, 5.41) is 17.5. The number of piperidine rings is 1. The minimum Gasteiger partial charge on any atom is -0.396 e. The largest absolute Gasteiger partial charge is 0.396 e. The van der Waals surface area contributed by atoms with Crippen molar-refractivity contribution in [2.45, 2.75) is 64.1 Å². The van der Waals surface area contributed by atoms with E-state index in [-0.39, 0.29) is 24.4 Å². The maximum atomic E-state index is 13.2. The summed E-state index contributed by atoms with van der Waals surface area (Å²) in [6, 6.07) is 6.82. The highest BCUT2D eigenvalue weighted by Crippen LogP contribution is 2.27. The molecule has 1 aliphatic carbocycles. The fourth-order valence-corrected chi connectivity index (χ4v) is 4.55. The number of aromatic nitrogens is 2. The number of amides is 1. The number of nitrogens with one attached hydrogen (secondary N) is 1. The monoisotopic (exact) mass is 414 g/mol. The molecule has 2 N–H and O–H groups in total. The first-order valence-electron chi connectivity index (χ1n) is 11.1. The molecule has 0 radical (unpaired) electrons. The summed E-state index contributed by atoms with van der Waals surface area (Å²) in [6.45, 7) is 3.05. The van der Waals surface area contributed by atoms with Crippen LogP contribution in [0.4, 0.5) is 4.39 Å². The van der Waals surface area contributed by atoms with Crippen LogP contribution >= 0.6 is 0 Å². The fraction of sp³-hybridized carbons (Fsp3) is 0.565. The first kappa shape index (κ1) is 21.0. The highest BCUT2D eigenvalue weighted by Gasteiger charge is 2.31. The SMILES string of the molecule is O=C(c1nn(CCCO)c2c1CC(NCc1ccc(F)cc1)CC2)N1CCCCC1. The van der Waals surface area contributed by atoms with E-state index in [9.17, 15) is 14.3 Å². The molecular formula is C23H31FN4O2. The molecule has 1 atom stereocenters. The van der Waals surface area contributed by atoms with Gasteiger partial charge in [-0.05, 0) is 62.6 Å². The second kappa shape index (κ2) is 9.71. The number of fused-ring (bicyclic) bond motifs is 1. The van der Waals surface area contributed by atoms with E-state index >= 15 is 0 Å². The number of aliphatic hydroxyl groups is 1. The minimum absolute atomic E-state index is 0.0490. The molecule has 162 valence electrons. The molecule has 1 aromatic heterocycles. The van der Waals surface area contributed by atoms with Gasteiger partial charge < -0.3 is 15.3 Å². The highest BCUT2D eigenvalue weighted by molar-refractivity contribution is 5.94. The number of aliphatic hydroxyl groups excluding tert-OH is 1. The van der Waals surface area contributed by atoms with Crippen LogP contribution in [0.25, 0.3) is 0 Å². The van der Waals surface area contributed by atoms with Crippen LogP contribution in [0.15, 0.2) is 24.3 Å². The number of hydrogen-bond donors (Lipinski definition) is 2. The third kappa shape index (κ3) is 4.73. The number of carbonyl (C=O) groups is 1. The maximum Gasteiger partial charge on any atom is 0.274 e. The Labute approximate surface area is 177 Å². The molecule has 1 fully saturated rings. The second-order valence-corrected chi connectivity index (χ2v) is 8.37. The zero-order valence-electron chi connectivity index (χ0n) is 17.4. The third-order valence-electron chi connectivity index (χ3n) is 6.23. The molecule has 0 bridgehead atoms. The highest BCUT2D eigenvalue weighted by atomic mass is 19.1. The van der Waals surface area contributed by atoms with Crippen molar-refractivity contribution in [2.24, 2.45) is 0 Å². The molecule has 0 spiro atoms. The Morgan fingerprint density at radius 3 is 2.70 bits per heavy atom. The lowest BCUT2D eigenvalue weighted by molar-refractivity contribution is 0.0716. The van der Waals surface area contributed by atoms with Crippen LogP contribution < -0.4 is 5.32 Å². The van der Waals surface area contributed by atoms with Crippen LogP contribution in [-0.2, 0) is 25.9 Å². The number of rotatable bonds is 7. The summed E-state index contributed by atoms with van der Waals surface area (Å²) in [5.41, 5.74) is 3.85. The molecule has 1 amide bonds. The molecule has 1 unspecified atom stereocenters. The summed E-state index contributed by atoms with van der Waals surface area (Å²) in [4.78, 5) is 15.2. The molecule has 30 heavy (non-hydrogen) atoms. The van der Waals surface area contributed by atoms with Crippen molar-refractivity contribution in [3.63, 3.8) is 0 Å². The Morgan fingerprint density at radius 1 is 1.20 bits per heavy atom. The van der Waals surface area contributed by atoms with E-state index in [0.717, 1.165) is 62.0 Å². The van der Waals surface area contributed by atoms with Gasteiger partial charge in [-0.2, -0.15) is 5.10 Å². The van der Waals surface area contributed by atoms with Crippen LogP contribution in [0.1, 0.15) is 59.4 Å². The predicted octanol–water partition coefficient (Wildman–Crippen LogP) is 2.68. The lowest BCUT2D eigenvalue weighted by atomic mass is 9.90. The van der Waals surface area contributed by atoms with E-state index in [4.69, 9.17) is 5.10 Å². The minimum atomic E-state index is -0.225. The average molecular weight is 415 g/mol. The molecule has 2 aromatic rings.